The number of hydrogen-bond donors (Lipinski definition) is 3. The molecule has 0 saturated heterocycles. The van der Waals surface area contributed by atoms with Crippen molar-refractivity contribution in [3.05, 3.63) is 29.3 Å². The van der Waals surface area contributed by atoms with Crippen molar-refractivity contribution in [2.75, 3.05) is 25.0 Å². The number of nitrogens with one attached hydrogen (secondary N) is 3. The standard InChI is InChI=1S/C18H25N3O3/c1-2-24-18(23)21-16(12-8-9-12)11-20-17(22)14-5-3-7-15-13(14)6-4-10-19-15/h3,5,7,12,16,19H,2,4,6,8-11H2,1H3,(H,20,22)(H,21,23). The molecule has 1 heterocycles. The van der Waals surface area contributed by atoms with Gasteiger partial charge >= 0.3 is 6.09 Å². The van der Waals surface area contributed by atoms with E-state index < -0.39 is 6.09 Å². The molecule has 1 fully saturated rings. The highest BCUT2D eigenvalue weighted by Crippen LogP contribution is 2.32. The number of amides is 2. The van der Waals surface area contributed by atoms with E-state index in [-0.39, 0.29) is 11.9 Å². The van der Waals surface area contributed by atoms with Crippen LogP contribution in [-0.2, 0) is 11.2 Å². The van der Waals surface area contributed by atoms with E-state index in [0.29, 0.717) is 19.1 Å². The Hall–Kier alpha value is -2.24. The molecule has 6 nitrogen and oxygen atoms in total. The zero-order valence-electron chi connectivity index (χ0n) is 14.1. The van der Waals surface area contributed by atoms with Crippen LogP contribution in [-0.4, -0.2) is 37.7 Å². The van der Waals surface area contributed by atoms with Crippen LogP contribution in [0.15, 0.2) is 18.2 Å². The third-order valence-electron chi connectivity index (χ3n) is 4.59. The quantitative estimate of drug-likeness (QED) is 0.747. The average molecular weight is 331 g/mol. The second kappa shape index (κ2) is 7.55. The molecular weight excluding hydrogens is 306 g/mol. The second-order valence-electron chi connectivity index (χ2n) is 6.38. The smallest absolute Gasteiger partial charge is 0.407 e. The lowest BCUT2D eigenvalue weighted by Gasteiger charge is -2.22. The van der Waals surface area contributed by atoms with Crippen LogP contribution in [0, 0.1) is 5.92 Å². The van der Waals surface area contributed by atoms with Gasteiger partial charge in [-0.1, -0.05) is 6.07 Å². The summed E-state index contributed by atoms with van der Waals surface area (Å²) in [7, 11) is 0. The minimum absolute atomic E-state index is 0.0642. The highest BCUT2D eigenvalue weighted by molar-refractivity contribution is 5.97. The van der Waals surface area contributed by atoms with E-state index in [9.17, 15) is 9.59 Å². The van der Waals surface area contributed by atoms with Crippen LogP contribution in [0.3, 0.4) is 0 Å². The van der Waals surface area contributed by atoms with Gasteiger partial charge < -0.3 is 20.7 Å². The number of benzene rings is 1. The Bertz CT molecular complexity index is 614. The molecule has 0 spiro atoms. The lowest BCUT2D eigenvalue weighted by molar-refractivity contribution is 0.0943. The average Bonchev–Trinajstić information content (AvgIpc) is 3.43. The van der Waals surface area contributed by atoms with Crippen LogP contribution >= 0.6 is 0 Å². The fourth-order valence-corrected chi connectivity index (χ4v) is 3.18. The SMILES string of the molecule is CCOC(=O)NC(CNC(=O)c1cccc2c1CCCN2)C1CC1. The van der Waals surface area contributed by atoms with Gasteiger partial charge in [0.15, 0.2) is 0 Å². The van der Waals surface area contributed by atoms with E-state index in [1.165, 1.54) is 0 Å². The molecule has 3 N–H and O–H groups in total. The molecule has 1 unspecified atom stereocenters. The topological polar surface area (TPSA) is 79.5 Å². The summed E-state index contributed by atoms with van der Waals surface area (Å²) in [5.41, 5.74) is 2.87. The fraction of sp³-hybridized carbons (Fsp3) is 0.556. The van der Waals surface area contributed by atoms with Gasteiger partial charge in [0.25, 0.3) is 5.91 Å². The normalized spacial score (nSPS) is 17.2. The van der Waals surface area contributed by atoms with Gasteiger partial charge in [-0.25, -0.2) is 4.79 Å². The summed E-state index contributed by atoms with van der Waals surface area (Å²) in [6, 6.07) is 5.72. The lowest BCUT2D eigenvalue weighted by Crippen LogP contribution is -2.45. The Balaban J connectivity index is 1.61. The number of alkyl carbamates (subject to hydrolysis) is 1. The summed E-state index contributed by atoms with van der Waals surface area (Å²) in [6.07, 6.45) is 3.70. The number of carbonyl (C=O) groups is 2. The van der Waals surface area contributed by atoms with Crippen molar-refractivity contribution in [3.63, 3.8) is 0 Å². The molecule has 2 amide bonds. The van der Waals surface area contributed by atoms with Crippen LogP contribution in [0.25, 0.3) is 0 Å². The van der Waals surface area contributed by atoms with Crippen LogP contribution < -0.4 is 16.0 Å². The number of hydrogen-bond acceptors (Lipinski definition) is 4. The Morgan fingerprint density at radius 3 is 2.96 bits per heavy atom. The second-order valence-corrected chi connectivity index (χ2v) is 6.38. The number of ether oxygens (including phenoxy) is 1. The molecule has 1 saturated carbocycles. The molecule has 1 aliphatic carbocycles. The summed E-state index contributed by atoms with van der Waals surface area (Å²) < 4.78 is 4.95. The molecule has 3 rings (SSSR count). The van der Waals surface area contributed by atoms with Crippen LogP contribution in [0.5, 0.6) is 0 Å². The first-order valence-corrected chi connectivity index (χ1v) is 8.76. The molecule has 0 aromatic heterocycles. The Morgan fingerprint density at radius 2 is 2.21 bits per heavy atom. The van der Waals surface area contributed by atoms with Crippen molar-refractivity contribution < 1.29 is 14.3 Å². The molecular formula is C18H25N3O3. The third-order valence-corrected chi connectivity index (χ3v) is 4.59. The van der Waals surface area contributed by atoms with E-state index in [4.69, 9.17) is 4.74 Å². The van der Waals surface area contributed by atoms with Gasteiger partial charge in [0.2, 0.25) is 0 Å². The summed E-state index contributed by atoms with van der Waals surface area (Å²) >= 11 is 0. The van der Waals surface area contributed by atoms with Gasteiger partial charge in [-0.05, 0) is 56.2 Å². The van der Waals surface area contributed by atoms with E-state index >= 15 is 0 Å². The van der Waals surface area contributed by atoms with Crippen LogP contribution in [0.4, 0.5) is 10.5 Å². The maximum absolute atomic E-state index is 12.6. The van der Waals surface area contributed by atoms with Gasteiger partial charge in [0, 0.05) is 24.3 Å². The molecule has 1 atom stereocenters. The molecule has 130 valence electrons. The van der Waals surface area contributed by atoms with Gasteiger partial charge in [0.05, 0.1) is 12.6 Å². The summed E-state index contributed by atoms with van der Waals surface area (Å²) in [6.45, 7) is 3.50. The first-order valence-electron chi connectivity index (χ1n) is 8.76. The highest BCUT2D eigenvalue weighted by Gasteiger charge is 2.33. The molecule has 0 radical (unpaired) electrons. The summed E-state index contributed by atoms with van der Waals surface area (Å²) in [5.74, 6) is 0.355. The molecule has 0 bridgehead atoms. The van der Waals surface area contributed by atoms with E-state index in [2.05, 4.69) is 16.0 Å². The monoisotopic (exact) mass is 331 g/mol. The Morgan fingerprint density at radius 1 is 1.38 bits per heavy atom. The molecule has 24 heavy (non-hydrogen) atoms. The van der Waals surface area contributed by atoms with Crippen molar-refractivity contribution in [1.82, 2.24) is 10.6 Å². The first-order chi connectivity index (χ1) is 11.7. The van der Waals surface area contributed by atoms with Gasteiger partial charge in [-0.2, -0.15) is 0 Å². The minimum atomic E-state index is -0.412. The molecule has 6 heteroatoms. The van der Waals surface area contributed by atoms with Gasteiger partial charge in [-0.15, -0.1) is 0 Å². The van der Waals surface area contributed by atoms with E-state index in [1.54, 1.807) is 6.92 Å². The Labute approximate surface area is 142 Å². The maximum Gasteiger partial charge on any atom is 0.407 e. The number of anilines is 1. The largest absolute Gasteiger partial charge is 0.450 e. The van der Waals surface area contributed by atoms with Gasteiger partial charge in [0.1, 0.15) is 0 Å². The van der Waals surface area contributed by atoms with Crippen molar-refractivity contribution in [2.45, 2.75) is 38.6 Å². The Kier molecular flexibility index (Phi) is 5.23. The van der Waals surface area contributed by atoms with Crippen LogP contribution in [0.1, 0.15) is 42.1 Å². The molecule has 1 aliphatic heterocycles. The first kappa shape index (κ1) is 16.6. The van der Waals surface area contributed by atoms with Crippen molar-refractivity contribution in [2.24, 2.45) is 5.92 Å². The lowest BCUT2D eigenvalue weighted by atomic mass is 9.97. The molecule has 1 aromatic rings. The predicted octanol–water partition coefficient (Wildman–Crippen LogP) is 2.30. The number of fused-ring (bicyclic) bond motifs is 1. The zero-order valence-corrected chi connectivity index (χ0v) is 14.1. The highest BCUT2D eigenvalue weighted by atomic mass is 16.5. The number of rotatable bonds is 6. The van der Waals surface area contributed by atoms with Gasteiger partial charge in [-0.3, -0.25) is 4.79 Å². The zero-order chi connectivity index (χ0) is 16.9. The van der Waals surface area contributed by atoms with Crippen molar-refractivity contribution in [3.8, 4) is 0 Å². The predicted molar refractivity (Wildman–Crippen MR) is 92.3 cm³/mol. The summed E-state index contributed by atoms with van der Waals surface area (Å²) in [4.78, 5) is 24.2. The van der Waals surface area contributed by atoms with Crippen LogP contribution in [0.2, 0.25) is 0 Å². The molecule has 1 aromatic carbocycles. The van der Waals surface area contributed by atoms with Crippen molar-refractivity contribution >= 4 is 17.7 Å². The molecule has 2 aliphatic rings. The van der Waals surface area contributed by atoms with E-state index in [1.807, 2.05) is 18.2 Å². The maximum atomic E-state index is 12.6. The summed E-state index contributed by atoms with van der Waals surface area (Å²) in [5, 5.41) is 9.18. The minimum Gasteiger partial charge on any atom is -0.450 e. The third kappa shape index (κ3) is 3.99. The number of carbonyl (C=O) groups excluding carboxylic acids is 2. The van der Waals surface area contributed by atoms with Crippen molar-refractivity contribution in [1.29, 1.82) is 0 Å². The van der Waals surface area contributed by atoms with E-state index in [0.717, 1.165) is 49.0 Å². The fourth-order valence-electron chi connectivity index (χ4n) is 3.18.